The Labute approximate surface area is 208 Å². The van der Waals surface area contributed by atoms with Gasteiger partial charge < -0.3 is 10.4 Å². The van der Waals surface area contributed by atoms with Crippen molar-refractivity contribution in [1.82, 2.24) is 5.32 Å². The second-order valence-electron chi connectivity index (χ2n) is 7.84. The zero-order valence-corrected chi connectivity index (χ0v) is 21.1. The Bertz CT molecular complexity index is 1110. The Morgan fingerprint density at radius 1 is 1.09 bits per heavy atom. The number of halogens is 3. The molecule has 0 heterocycles. The third-order valence-corrected chi connectivity index (χ3v) is 7.58. The lowest BCUT2D eigenvalue weighted by molar-refractivity contribution is -0.142. The van der Waals surface area contributed by atoms with Crippen LogP contribution in [0.3, 0.4) is 0 Å². The predicted octanol–water partition coefficient (Wildman–Crippen LogP) is 5.26. The molecule has 186 valence electrons. The molecule has 2 atom stereocenters. The van der Waals surface area contributed by atoms with Crippen molar-refractivity contribution >= 4 is 50.8 Å². The first-order valence-electron chi connectivity index (χ1n) is 10.7. The third kappa shape index (κ3) is 7.32. The van der Waals surface area contributed by atoms with Crippen LogP contribution in [-0.4, -0.2) is 37.5 Å². The topological polar surface area (TPSA) is 104 Å². The molecule has 2 aromatic carbocycles. The summed E-state index contributed by atoms with van der Waals surface area (Å²) in [7, 11) is -4.20. The Morgan fingerprint density at radius 3 is 2.29 bits per heavy atom. The van der Waals surface area contributed by atoms with Gasteiger partial charge in [0, 0.05) is 22.5 Å². The summed E-state index contributed by atoms with van der Waals surface area (Å²) < 4.78 is 42.6. The van der Waals surface area contributed by atoms with E-state index in [9.17, 15) is 27.5 Å². The van der Waals surface area contributed by atoms with Crippen molar-refractivity contribution in [3.63, 3.8) is 0 Å². The average molecular weight is 533 g/mol. The molecule has 0 radical (unpaired) electrons. The number of carboxylic acids is 1. The van der Waals surface area contributed by atoms with Crippen molar-refractivity contribution in [3.8, 4) is 0 Å². The maximum Gasteiger partial charge on any atom is 0.326 e. The van der Waals surface area contributed by atoms with E-state index in [-0.39, 0.29) is 34.9 Å². The van der Waals surface area contributed by atoms with Crippen molar-refractivity contribution in [2.45, 2.75) is 62.9 Å². The Hall–Kier alpha value is -2.36. The second-order valence-corrected chi connectivity index (χ2v) is 10.5. The van der Waals surface area contributed by atoms with Crippen molar-refractivity contribution in [1.29, 1.82) is 0 Å². The molecule has 1 amide bonds. The minimum atomic E-state index is -4.20. The number of carbonyl (C=O) groups is 2. The minimum Gasteiger partial charge on any atom is -0.480 e. The molecule has 0 saturated carbocycles. The van der Waals surface area contributed by atoms with Gasteiger partial charge >= 0.3 is 5.97 Å². The molecule has 2 rings (SSSR count). The highest BCUT2D eigenvalue weighted by atomic mass is 35.5. The zero-order valence-electron chi connectivity index (χ0n) is 18.8. The number of hydrogen-bond donors (Lipinski definition) is 2. The number of amides is 1. The molecule has 0 aliphatic rings. The lowest BCUT2D eigenvalue weighted by atomic mass is 10.1. The van der Waals surface area contributed by atoms with E-state index < -0.39 is 39.8 Å². The second kappa shape index (κ2) is 12.4. The van der Waals surface area contributed by atoms with Gasteiger partial charge in [-0.3, -0.25) is 9.10 Å². The average Bonchev–Trinajstić information content (AvgIpc) is 2.76. The minimum absolute atomic E-state index is 0.00923. The summed E-state index contributed by atoms with van der Waals surface area (Å²) in [5.41, 5.74) is -0.215. The fourth-order valence-electron chi connectivity index (χ4n) is 3.47. The Kier molecular flexibility index (Phi) is 10.1. The largest absolute Gasteiger partial charge is 0.480 e. The molecular weight excluding hydrogens is 506 g/mol. The van der Waals surface area contributed by atoms with Crippen LogP contribution in [0.2, 0.25) is 10.0 Å². The van der Waals surface area contributed by atoms with Crippen molar-refractivity contribution in [2.75, 3.05) is 4.31 Å². The highest BCUT2D eigenvalue weighted by Crippen LogP contribution is 2.32. The number of sulfonamides is 1. The lowest BCUT2D eigenvalue weighted by Gasteiger charge is -2.31. The van der Waals surface area contributed by atoms with E-state index in [0.29, 0.717) is 17.9 Å². The Balaban J connectivity index is 2.24. The summed E-state index contributed by atoms with van der Waals surface area (Å²) in [6.07, 6.45) is 1.35. The molecule has 0 saturated heterocycles. The van der Waals surface area contributed by atoms with Gasteiger partial charge in [0.25, 0.3) is 10.0 Å². The van der Waals surface area contributed by atoms with E-state index in [4.69, 9.17) is 23.2 Å². The van der Waals surface area contributed by atoms with Crippen LogP contribution in [0.5, 0.6) is 0 Å². The van der Waals surface area contributed by atoms with E-state index in [2.05, 4.69) is 5.32 Å². The summed E-state index contributed by atoms with van der Waals surface area (Å²) in [4.78, 5) is 23.4. The van der Waals surface area contributed by atoms with Gasteiger partial charge in [-0.15, -0.1) is 0 Å². The summed E-state index contributed by atoms with van der Waals surface area (Å²) in [5, 5.41) is 12.2. The molecule has 2 N–H and O–H groups in total. The lowest BCUT2D eigenvalue weighted by Crippen LogP contribution is -2.41. The Morgan fingerprint density at radius 2 is 1.71 bits per heavy atom. The number of hydrogen-bond acceptors (Lipinski definition) is 4. The van der Waals surface area contributed by atoms with Gasteiger partial charge in [0.05, 0.1) is 10.6 Å². The summed E-state index contributed by atoms with van der Waals surface area (Å²) in [6, 6.07) is 7.41. The molecular formula is C23H27Cl2FN2O5S. The molecule has 0 bridgehead atoms. The molecule has 0 aliphatic carbocycles. The summed E-state index contributed by atoms with van der Waals surface area (Å²) in [6.45, 7) is 3.41. The number of benzene rings is 2. The molecule has 0 aromatic heterocycles. The number of anilines is 1. The predicted molar refractivity (Wildman–Crippen MR) is 130 cm³/mol. The molecule has 0 spiro atoms. The van der Waals surface area contributed by atoms with Gasteiger partial charge in [-0.05, 0) is 68.7 Å². The van der Waals surface area contributed by atoms with Gasteiger partial charge in [0.1, 0.15) is 11.9 Å². The fraction of sp³-hybridized carbons (Fsp3) is 0.391. The van der Waals surface area contributed by atoms with Gasteiger partial charge in [0.2, 0.25) is 5.91 Å². The van der Waals surface area contributed by atoms with E-state index >= 15 is 0 Å². The third-order valence-electron chi connectivity index (χ3n) is 5.15. The highest BCUT2D eigenvalue weighted by Gasteiger charge is 2.31. The number of rotatable bonds is 12. The van der Waals surface area contributed by atoms with E-state index in [1.165, 1.54) is 36.4 Å². The maximum absolute atomic E-state index is 14.7. The first kappa shape index (κ1) is 27.9. The number of nitrogens with one attached hydrogen (secondary N) is 1. The molecule has 1 unspecified atom stereocenters. The number of aliphatic carboxylic acids is 1. The molecule has 0 aliphatic heterocycles. The van der Waals surface area contributed by atoms with Crippen LogP contribution in [0.4, 0.5) is 10.1 Å². The van der Waals surface area contributed by atoms with Crippen LogP contribution in [-0.2, 0) is 19.6 Å². The molecule has 11 heteroatoms. The SMILES string of the molecule is CCC[C@@H](NC(=O)CCCC(C)N(c1cc(Cl)ccc1F)S(=O)(=O)c1ccc(Cl)cc1)C(=O)O. The standard InChI is InChI=1S/C23H27Cl2FN2O5S/c1-3-5-20(23(30)31)27-22(29)7-4-6-15(2)28(21-14-17(25)10-13-19(21)26)34(32,33)18-11-8-16(24)9-12-18/h8-15,20H,3-7H2,1-2H3,(H,27,29)(H,30,31)/t15?,20-/m1/s1. The van der Waals surface area contributed by atoms with Crippen LogP contribution < -0.4 is 9.62 Å². The number of carbonyl (C=O) groups excluding carboxylic acids is 1. The van der Waals surface area contributed by atoms with Crippen molar-refractivity contribution in [2.24, 2.45) is 0 Å². The molecule has 2 aromatic rings. The normalized spacial score (nSPS) is 13.2. The van der Waals surface area contributed by atoms with Gasteiger partial charge in [-0.25, -0.2) is 17.6 Å². The summed E-state index contributed by atoms with van der Waals surface area (Å²) >= 11 is 11.9. The van der Waals surface area contributed by atoms with E-state index in [1.807, 2.05) is 6.92 Å². The van der Waals surface area contributed by atoms with Crippen molar-refractivity contribution in [3.05, 3.63) is 58.3 Å². The van der Waals surface area contributed by atoms with Crippen molar-refractivity contribution < 1.29 is 27.5 Å². The van der Waals surface area contributed by atoms with Gasteiger partial charge in [0.15, 0.2) is 0 Å². The quantitative estimate of drug-likeness (QED) is 0.388. The number of nitrogens with zero attached hydrogens (tertiary/aromatic N) is 1. The molecule has 0 fully saturated rings. The monoisotopic (exact) mass is 532 g/mol. The summed E-state index contributed by atoms with van der Waals surface area (Å²) in [5.74, 6) is -2.33. The first-order chi connectivity index (χ1) is 16.0. The van der Waals surface area contributed by atoms with Gasteiger partial charge in [-0.2, -0.15) is 0 Å². The zero-order chi connectivity index (χ0) is 25.5. The number of carboxylic acid groups (broad SMARTS) is 1. The van der Waals surface area contributed by atoms with Crippen LogP contribution in [0.1, 0.15) is 46.0 Å². The first-order valence-corrected chi connectivity index (χ1v) is 12.9. The van der Waals surface area contributed by atoms with Gasteiger partial charge in [-0.1, -0.05) is 36.5 Å². The van der Waals surface area contributed by atoms with Crippen LogP contribution in [0, 0.1) is 5.82 Å². The highest BCUT2D eigenvalue weighted by molar-refractivity contribution is 7.92. The maximum atomic E-state index is 14.7. The fourth-order valence-corrected chi connectivity index (χ4v) is 5.44. The van der Waals surface area contributed by atoms with E-state index in [1.54, 1.807) is 6.92 Å². The van der Waals surface area contributed by atoms with Crippen LogP contribution in [0.15, 0.2) is 47.4 Å². The smallest absolute Gasteiger partial charge is 0.326 e. The van der Waals surface area contributed by atoms with Crippen LogP contribution >= 0.6 is 23.2 Å². The molecule has 34 heavy (non-hydrogen) atoms. The van der Waals surface area contributed by atoms with Crippen LogP contribution in [0.25, 0.3) is 0 Å². The van der Waals surface area contributed by atoms with E-state index in [0.717, 1.165) is 10.4 Å². The molecule has 7 nitrogen and oxygen atoms in total.